The molecule has 0 saturated carbocycles. The number of ether oxygens (including phenoxy) is 1. The van der Waals surface area contributed by atoms with Crippen LogP contribution in [0, 0.1) is 0 Å². The molecule has 0 saturated heterocycles. The molecule has 2 rings (SSSR count). The van der Waals surface area contributed by atoms with Crippen molar-refractivity contribution < 1.29 is 9.84 Å². The van der Waals surface area contributed by atoms with E-state index in [4.69, 9.17) is 22.7 Å². The van der Waals surface area contributed by atoms with Crippen molar-refractivity contribution in [2.45, 2.75) is 6.61 Å². The normalized spacial score (nSPS) is 10.0. The molecule has 18 heavy (non-hydrogen) atoms. The van der Waals surface area contributed by atoms with E-state index in [2.05, 4.69) is 0 Å². The summed E-state index contributed by atoms with van der Waals surface area (Å²) in [6.45, 7) is 0.355. The third-order valence-corrected chi connectivity index (χ3v) is 2.68. The second-order valence-electron chi connectivity index (χ2n) is 3.82. The first-order valence-electron chi connectivity index (χ1n) is 5.46. The highest BCUT2D eigenvalue weighted by atomic mass is 32.1. The van der Waals surface area contributed by atoms with Crippen molar-refractivity contribution in [1.29, 1.82) is 0 Å². The number of para-hydroxylation sites is 1. The topological polar surface area (TPSA) is 55.5 Å². The molecule has 2 aromatic carbocycles. The molecule has 0 aromatic heterocycles. The Morgan fingerprint density at radius 1 is 1.17 bits per heavy atom. The van der Waals surface area contributed by atoms with Gasteiger partial charge in [0.1, 0.15) is 23.1 Å². The average molecular weight is 259 g/mol. The molecule has 92 valence electrons. The summed E-state index contributed by atoms with van der Waals surface area (Å²) in [6, 6.07) is 14.3. The smallest absolute Gasteiger partial charge is 0.129 e. The first-order valence-corrected chi connectivity index (χ1v) is 5.87. The summed E-state index contributed by atoms with van der Waals surface area (Å²) in [6.07, 6.45) is 0. The van der Waals surface area contributed by atoms with Crippen LogP contribution in [0.2, 0.25) is 0 Å². The first kappa shape index (κ1) is 12.4. The van der Waals surface area contributed by atoms with E-state index in [9.17, 15) is 5.11 Å². The van der Waals surface area contributed by atoms with Gasteiger partial charge in [-0.3, -0.25) is 0 Å². The predicted molar refractivity (Wildman–Crippen MR) is 74.8 cm³/mol. The molecule has 3 nitrogen and oxygen atoms in total. The van der Waals surface area contributed by atoms with Crippen LogP contribution in [-0.2, 0) is 6.61 Å². The first-order chi connectivity index (χ1) is 8.66. The Labute approximate surface area is 111 Å². The van der Waals surface area contributed by atoms with Gasteiger partial charge in [-0.1, -0.05) is 36.5 Å². The lowest BCUT2D eigenvalue weighted by molar-refractivity contribution is 0.305. The number of phenolic OH excluding ortho intramolecular Hbond substituents is 1. The van der Waals surface area contributed by atoms with Gasteiger partial charge >= 0.3 is 0 Å². The van der Waals surface area contributed by atoms with Crippen molar-refractivity contribution in [3.05, 3.63) is 59.7 Å². The molecule has 0 unspecified atom stereocenters. The molecule has 0 heterocycles. The SMILES string of the molecule is NC(=S)c1ccccc1OCc1cccc(O)c1. The number of benzene rings is 2. The third-order valence-electron chi connectivity index (χ3n) is 2.46. The number of hydrogen-bond acceptors (Lipinski definition) is 3. The molecule has 3 N–H and O–H groups in total. The van der Waals surface area contributed by atoms with E-state index in [0.29, 0.717) is 22.9 Å². The molecule has 0 amide bonds. The molecule has 0 radical (unpaired) electrons. The van der Waals surface area contributed by atoms with Crippen LogP contribution >= 0.6 is 12.2 Å². The second kappa shape index (κ2) is 5.51. The minimum atomic E-state index is 0.221. The largest absolute Gasteiger partial charge is 0.508 e. The van der Waals surface area contributed by atoms with Crippen molar-refractivity contribution >= 4 is 17.2 Å². The molecule has 0 atom stereocenters. The number of nitrogens with two attached hydrogens (primary N) is 1. The number of phenols is 1. The highest BCUT2D eigenvalue weighted by molar-refractivity contribution is 7.80. The van der Waals surface area contributed by atoms with Crippen LogP contribution < -0.4 is 10.5 Å². The summed E-state index contributed by atoms with van der Waals surface area (Å²) in [5.74, 6) is 0.868. The summed E-state index contributed by atoms with van der Waals surface area (Å²) in [5, 5.41) is 9.36. The molecule has 0 aliphatic carbocycles. The van der Waals surface area contributed by atoms with E-state index in [1.165, 1.54) is 0 Å². The van der Waals surface area contributed by atoms with Crippen LogP contribution in [0.4, 0.5) is 0 Å². The molecule has 2 aromatic rings. The van der Waals surface area contributed by atoms with Crippen molar-refractivity contribution in [2.75, 3.05) is 0 Å². The number of thiocarbonyl (C=S) groups is 1. The number of aromatic hydroxyl groups is 1. The van der Waals surface area contributed by atoms with Crippen LogP contribution in [-0.4, -0.2) is 10.1 Å². The Bertz CT molecular complexity index is 569. The van der Waals surface area contributed by atoms with Gasteiger partial charge in [-0.05, 0) is 29.8 Å². The summed E-state index contributed by atoms with van der Waals surface area (Å²) < 4.78 is 5.66. The molecule has 0 aliphatic heterocycles. The average Bonchev–Trinajstić information content (AvgIpc) is 2.37. The zero-order valence-corrected chi connectivity index (χ0v) is 10.5. The van der Waals surface area contributed by atoms with Gasteiger partial charge in [0.15, 0.2) is 0 Å². The monoisotopic (exact) mass is 259 g/mol. The Morgan fingerprint density at radius 3 is 2.67 bits per heavy atom. The fraction of sp³-hybridized carbons (Fsp3) is 0.0714. The van der Waals surface area contributed by atoms with Gasteiger partial charge in [0.2, 0.25) is 0 Å². The Balaban J connectivity index is 2.13. The lowest BCUT2D eigenvalue weighted by Crippen LogP contribution is -2.11. The quantitative estimate of drug-likeness (QED) is 0.829. The number of hydrogen-bond donors (Lipinski definition) is 2. The Hall–Kier alpha value is -2.07. The highest BCUT2D eigenvalue weighted by Gasteiger charge is 2.05. The van der Waals surface area contributed by atoms with Gasteiger partial charge < -0.3 is 15.6 Å². The maximum atomic E-state index is 9.36. The predicted octanol–water partition coefficient (Wildman–Crippen LogP) is 2.61. The summed E-state index contributed by atoms with van der Waals surface area (Å²) in [4.78, 5) is 0.307. The van der Waals surface area contributed by atoms with E-state index in [-0.39, 0.29) is 5.75 Å². The van der Waals surface area contributed by atoms with Crippen LogP contribution in [0.15, 0.2) is 48.5 Å². The van der Waals surface area contributed by atoms with Gasteiger partial charge in [-0.2, -0.15) is 0 Å². The third kappa shape index (κ3) is 2.99. The van der Waals surface area contributed by atoms with Crippen molar-refractivity contribution in [2.24, 2.45) is 5.73 Å². The van der Waals surface area contributed by atoms with Gasteiger partial charge in [0.25, 0.3) is 0 Å². The fourth-order valence-electron chi connectivity index (χ4n) is 1.60. The molecule has 0 fully saturated rings. The van der Waals surface area contributed by atoms with Crippen molar-refractivity contribution in [3.8, 4) is 11.5 Å². The maximum absolute atomic E-state index is 9.36. The van der Waals surface area contributed by atoms with E-state index in [1.54, 1.807) is 18.2 Å². The lowest BCUT2D eigenvalue weighted by atomic mass is 10.2. The number of rotatable bonds is 4. The van der Waals surface area contributed by atoms with Gasteiger partial charge in [0.05, 0.1) is 5.56 Å². The van der Waals surface area contributed by atoms with E-state index < -0.39 is 0 Å². The Morgan fingerprint density at radius 2 is 1.94 bits per heavy atom. The van der Waals surface area contributed by atoms with Gasteiger partial charge in [0, 0.05) is 0 Å². The van der Waals surface area contributed by atoms with E-state index in [1.807, 2.05) is 30.3 Å². The van der Waals surface area contributed by atoms with E-state index in [0.717, 1.165) is 5.56 Å². The van der Waals surface area contributed by atoms with Crippen molar-refractivity contribution in [1.82, 2.24) is 0 Å². The lowest BCUT2D eigenvalue weighted by Gasteiger charge is -2.10. The molecule has 4 heteroatoms. The molecule has 0 aliphatic rings. The second-order valence-corrected chi connectivity index (χ2v) is 4.26. The minimum Gasteiger partial charge on any atom is -0.508 e. The summed E-state index contributed by atoms with van der Waals surface area (Å²) >= 11 is 4.96. The minimum absolute atomic E-state index is 0.221. The van der Waals surface area contributed by atoms with Crippen LogP contribution in [0.5, 0.6) is 11.5 Å². The standard InChI is InChI=1S/C14H13NO2S/c15-14(18)12-6-1-2-7-13(12)17-9-10-4-3-5-11(16)8-10/h1-8,16H,9H2,(H2,15,18). The van der Waals surface area contributed by atoms with E-state index >= 15 is 0 Å². The van der Waals surface area contributed by atoms with Gasteiger partial charge in [-0.25, -0.2) is 0 Å². The summed E-state index contributed by atoms with van der Waals surface area (Å²) in [7, 11) is 0. The molecule has 0 bridgehead atoms. The molecular formula is C14H13NO2S. The summed E-state index contributed by atoms with van der Waals surface area (Å²) in [5.41, 5.74) is 7.22. The zero-order chi connectivity index (χ0) is 13.0. The zero-order valence-electron chi connectivity index (χ0n) is 9.67. The van der Waals surface area contributed by atoms with Crippen LogP contribution in [0.25, 0.3) is 0 Å². The Kier molecular flexibility index (Phi) is 3.79. The van der Waals surface area contributed by atoms with Crippen LogP contribution in [0.3, 0.4) is 0 Å². The molecular weight excluding hydrogens is 246 g/mol. The fourth-order valence-corrected chi connectivity index (χ4v) is 1.77. The maximum Gasteiger partial charge on any atom is 0.129 e. The van der Waals surface area contributed by atoms with Gasteiger partial charge in [-0.15, -0.1) is 0 Å². The van der Waals surface area contributed by atoms with Crippen molar-refractivity contribution in [3.63, 3.8) is 0 Å². The molecule has 0 spiro atoms. The highest BCUT2D eigenvalue weighted by Crippen LogP contribution is 2.20. The van der Waals surface area contributed by atoms with Crippen LogP contribution in [0.1, 0.15) is 11.1 Å².